The maximum absolute atomic E-state index is 13.1. The molecule has 0 fully saturated rings. The van der Waals surface area contributed by atoms with Gasteiger partial charge in [0.05, 0.1) is 19.1 Å². The molecule has 8 heteroatoms. The van der Waals surface area contributed by atoms with Crippen LogP contribution in [0.15, 0.2) is 70.5 Å². The topological polar surface area (TPSA) is 117 Å². The van der Waals surface area contributed by atoms with Crippen molar-refractivity contribution in [1.29, 1.82) is 5.26 Å². The highest BCUT2D eigenvalue weighted by atomic mass is 16.5. The largest absolute Gasteiger partial charge is 0.490 e. The first-order valence-corrected chi connectivity index (χ1v) is 14.0. The van der Waals surface area contributed by atoms with Gasteiger partial charge in [-0.15, -0.1) is 0 Å². The fourth-order valence-electron chi connectivity index (χ4n) is 5.02. The number of benzene rings is 3. The number of nitrogens with zero attached hydrogens (tertiary/aromatic N) is 1. The highest BCUT2D eigenvalue weighted by molar-refractivity contribution is 5.97. The monoisotopic (exact) mass is 566 g/mol. The van der Waals surface area contributed by atoms with Crippen molar-refractivity contribution in [2.45, 2.75) is 47.0 Å². The zero-order valence-corrected chi connectivity index (χ0v) is 24.4. The minimum atomic E-state index is -0.621. The van der Waals surface area contributed by atoms with Gasteiger partial charge in [0.1, 0.15) is 28.7 Å². The van der Waals surface area contributed by atoms with Crippen LogP contribution in [0.2, 0.25) is 0 Å². The summed E-state index contributed by atoms with van der Waals surface area (Å²) in [7, 11) is 0. The molecule has 0 radical (unpaired) electrons. The number of carbonyl (C=O) groups is 1. The van der Waals surface area contributed by atoms with Gasteiger partial charge in [0.15, 0.2) is 11.5 Å². The summed E-state index contributed by atoms with van der Waals surface area (Å²) in [6.45, 7) is 11.0. The molecule has 0 saturated carbocycles. The number of allylic oxidation sites excluding steroid dienone is 1. The van der Waals surface area contributed by atoms with E-state index in [1.54, 1.807) is 18.2 Å². The molecule has 8 nitrogen and oxygen atoms in total. The van der Waals surface area contributed by atoms with Crippen LogP contribution < -0.4 is 24.7 Å². The Morgan fingerprint density at radius 1 is 1.05 bits per heavy atom. The number of hydrogen-bond acceptors (Lipinski definition) is 8. The Morgan fingerprint density at radius 2 is 1.86 bits per heavy atom. The summed E-state index contributed by atoms with van der Waals surface area (Å²) < 4.78 is 29.3. The molecule has 1 unspecified atom stereocenters. The molecule has 2 N–H and O–H groups in total. The minimum absolute atomic E-state index is 0.0165. The molecule has 1 aliphatic rings. The number of fused-ring (bicyclic) bond motifs is 2. The van der Waals surface area contributed by atoms with E-state index < -0.39 is 11.9 Å². The van der Waals surface area contributed by atoms with Crippen LogP contribution in [0.1, 0.15) is 65.9 Å². The van der Waals surface area contributed by atoms with Gasteiger partial charge in [0, 0.05) is 22.6 Å². The van der Waals surface area contributed by atoms with Gasteiger partial charge in [-0.2, -0.15) is 5.26 Å². The van der Waals surface area contributed by atoms with E-state index in [-0.39, 0.29) is 23.0 Å². The van der Waals surface area contributed by atoms with Gasteiger partial charge in [-0.05, 0) is 68.5 Å². The quantitative estimate of drug-likeness (QED) is 0.166. The van der Waals surface area contributed by atoms with Crippen molar-refractivity contribution in [2.75, 3.05) is 13.2 Å². The number of aryl methyl sites for hydroxylation is 2. The van der Waals surface area contributed by atoms with Crippen LogP contribution in [0.5, 0.6) is 23.0 Å². The smallest absolute Gasteiger partial charge is 0.379 e. The summed E-state index contributed by atoms with van der Waals surface area (Å²) in [5.74, 6) is 1.36. The Hall–Kier alpha value is -4.90. The number of carbonyl (C=O) groups excluding carboxylic acids is 1. The number of rotatable bonds is 9. The lowest BCUT2D eigenvalue weighted by Gasteiger charge is -2.27. The van der Waals surface area contributed by atoms with Crippen molar-refractivity contribution < 1.29 is 28.2 Å². The van der Waals surface area contributed by atoms with Gasteiger partial charge in [-0.1, -0.05) is 38.1 Å². The molecular formula is C34H34N2O6. The number of nitrogens with two attached hydrogens (primary N) is 1. The van der Waals surface area contributed by atoms with Crippen molar-refractivity contribution in [1.82, 2.24) is 0 Å². The fraction of sp³-hybridized carbons (Fsp3) is 0.294. The second kappa shape index (κ2) is 11.9. The Kier molecular flexibility index (Phi) is 8.12. The van der Waals surface area contributed by atoms with Gasteiger partial charge in [0.25, 0.3) is 0 Å². The van der Waals surface area contributed by atoms with Gasteiger partial charge in [0.2, 0.25) is 11.6 Å². The summed E-state index contributed by atoms with van der Waals surface area (Å²) in [6, 6.07) is 18.6. The molecule has 0 aliphatic carbocycles. The molecule has 1 aromatic heterocycles. The van der Waals surface area contributed by atoms with Crippen LogP contribution >= 0.6 is 0 Å². The van der Waals surface area contributed by atoms with Crippen LogP contribution in [0.3, 0.4) is 0 Å². The van der Waals surface area contributed by atoms with E-state index in [1.165, 1.54) is 0 Å². The minimum Gasteiger partial charge on any atom is -0.490 e. The molecule has 0 spiro atoms. The van der Waals surface area contributed by atoms with Crippen molar-refractivity contribution in [3.8, 4) is 29.1 Å². The van der Waals surface area contributed by atoms with E-state index in [9.17, 15) is 10.1 Å². The van der Waals surface area contributed by atoms with E-state index in [4.69, 9.17) is 29.1 Å². The normalized spacial score (nSPS) is 14.4. The number of ether oxygens (including phenoxy) is 4. The first kappa shape index (κ1) is 28.6. The second-order valence-corrected chi connectivity index (χ2v) is 10.7. The van der Waals surface area contributed by atoms with Crippen molar-refractivity contribution in [3.05, 3.63) is 94.1 Å². The third-order valence-corrected chi connectivity index (χ3v) is 7.23. The van der Waals surface area contributed by atoms with Crippen LogP contribution in [-0.2, 0) is 0 Å². The highest BCUT2D eigenvalue weighted by Crippen LogP contribution is 2.45. The third kappa shape index (κ3) is 5.64. The first-order valence-electron chi connectivity index (χ1n) is 14.0. The summed E-state index contributed by atoms with van der Waals surface area (Å²) in [6.07, 6.45) is 0.918. The Bertz CT molecular complexity index is 1730. The van der Waals surface area contributed by atoms with E-state index in [2.05, 4.69) is 19.9 Å². The molecule has 0 saturated heterocycles. The zero-order valence-electron chi connectivity index (χ0n) is 24.4. The van der Waals surface area contributed by atoms with Crippen molar-refractivity contribution in [2.24, 2.45) is 11.7 Å². The lowest BCUT2D eigenvalue weighted by Crippen LogP contribution is -2.21. The van der Waals surface area contributed by atoms with Gasteiger partial charge < -0.3 is 29.1 Å². The Morgan fingerprint density at radius 3 is 2.60 bits per heavy atom. The highest BCUT2D eigenvalue weighted by Gasteiger charge is 2.32. The molecular weight excluding hydrogens is 532 g/mol. The number of hydrogen-bond donors (Lipinski definition) is 1. The summed E-state index contributed by atoms with van der Waals surface area (Å²) in [4.78, 5) is 13.1. The molecule has 42 heavy (non-hydrogen) atoms. The first-order chi connectivity index (χ1) is 20.2. The molecule has 1 aliphatic heterocycles. The van der Waals surface area contributed by atoms with Crippen LogP contribution in [0.25, 0.3) is 11.0 Å². The van der Waals surface area contributed by atoms with Gasteiger partial charge in [-0.25, -0.2) is 4.79 Å². The number of nitriles is 1. The fourth-order valence-corrected chi connectivity index (χ4v) is 5.02. The number of esters is 1. The molecule has 5 rings (SSSR count). The van der Waals surface area contributed by atoms with Gasteiger partial charge in [-0.3, -0.25) is 0 Å². The third-order valence-electron chi connectivity index (χ3n) is 7.23. The Labute approximate surface area is 245 Å². The lowest BCUT2D eigenvalue weighted by molar-refractivity contribution is 0.0702. The van der Waals surface area contributed by atoms with E-state index >= 15 is 0 Å². The van der Waals surface area contributed by atoms with E-state index in [0.29, 0.717) is 53.1 Å². The van der Waals surface area contributed by atoms with Crippen LogP contribution in [-0.4, -0.2) is 19.2 Å². The van der Waals surface area contributed by atoms with Crippen LogP contribution in [0.4, 0.5) is 0 Å². The van der Waals surface area contributed by atoms with Crippen LogP contribution in [0, 0.1) is 31.1 Å². The molecule has 0 amide bonds. The standard InChI is InChI=1S/C34H34N2O6/c1-6-38-30-16-22(8-12-27(30)39-14-13-19(2)3)31-25-11-9-23(17-29(25)42-33(36)26(31)18-35)40-34(37)32-21(5)24-10-7-20(4)15-28(24)41-32/h7-12,15-17,19,31H,6,13-14,36H2,1-5H3. The molecule has 216 valence electrons. The average Bonchev–Trinajstić information content (AvgIpc) is 3.28. The summed E-state index contributed by atoms with van der Waals surface area (Å²) in [5.41, 5.74) is 10.4. The maximum Gasteiger partial charge on any atom is 0.379 e. The summed E-state index contributed by atoms with van der Waals surface area (Å²) in [5, 5.41) is 10.9. The predicted octanol–water partition coefficient (Wildman–Crippen LogP) is 7.31. The lowest BCUT2D eigenvalue weighted by atomic mass is 9.83. The van der Waals surface area contributed by atoms with E-state index in [1.807, 2.05) is 57.2 Å². The average molecular weight is 567 g/mol. The SMILES string of the molecule is CCOc1cc(C2C(C#N)=C(N)Oc3cc(OC(=O)c4oc5cc(C)ccc5c4C)ccc32)ccc1OCCC(C)C. The number of furan rings is 1. The molecule has 3 aromatic carbocycles. The maximum atomic E-state index is 13.1. The van der Waals surface area contributed by atoms with Crippen molar-refractivity contribution in [3.63, 3.8) is 0 Å². The van der Waals surface area contributed by atoms with Crippen molar-refractivity contribution >= 4 is 16.9 Å². The predicted molar refractivity (Wildman–Crippen MR) is 159 cm³/mol. The Balaban J connectivity index is 1.45. The zero-order chi connectivity index (χ0) is 30.0. The summed E-state index contributed by atoms with van der Waals surface area (Å²) >= 11 is 0. The second-order valence-electron chi connectivity index (χ2n) is 10.7. The van der Waals surface area contributed by atoms with Gasteiger partial charge >= 0.3 is 5.97 Å². The molecule has 4 aromatic rings. The molecule has 0 bridgehead atoms. The van der Waals surface area contributed by atoms with E-state index in [0.717, 1.165) is 22.9 Å². The molecule has 1 atom stereocenters. The molecule has 2 heterocycles.